The van der Waals surface area contributed by atoms with Crippen LogP contribution < -0.4 is 15.4 Å². The fourth-order valence-corrected chi connectivity index (χ4v) is 2.62. The number of para-hydroxylation sites is 1. The van der Waals surface area contributed by atoms with Gasteiger partial charge in [0.15, 0.2) is 6.10 Å². The Morgan fingerprint density at radius 3 is 2.50 bits per heavy atom. The number of aryl methyl sites for hydroxylation is 2. The molecule has 0 aliphatic rings. The summed E-state index contributed by atoms with van der Waals surface area (Å²) in [5, 5.41) is 15.6. The molecule has 0 bridgehead atoms. The second-order valence-corrected chi connectivity index (χ2v) is 6.76. The van der Waals surface area contributed by atoms with Gasteiger partial charge >= 0.3 is 0 Å². The second-order valence-electron chi connectivity index (χ2n) is 6.76. The molecule has 6 heteroatoms. The summed E-state index contributed by atoms with van der Waals surface area (Å²) in [4.78, 5) is 24.1. The van der Waals surface area contributed by atoms with Gasteiger partial charge in [-0.2, -0.15) is 0 Å². The minimum Gasteiger partial charge on any atom is -0.490 e. The fourth-order valence-electron chi connectivity index (χ4n) is 2.62. The van der Waals surface area contributed by atoms with Crippen molar-refractivity contribution in [2.45, 2.75) is 46.1 Å². The minimum absolute atomic E-state index is 0.0227. The number of ether oxygens (including phenoxy) is 1. The summed E-state index contributed by atoms with van der Waals surface area (Å²) >= 11 is 0. The molecule has 0 heterocycles. The van der Waals surface area contributed by atoms with E-state index in [1.54, 1.807) is 24.3 Å². The summed E-state index contributed by atoms with van der Waals surface area (Å²) in [7, 11) is 0. The highest BCUT2D eigenvalue weighted by Crippen LogP contribution is 2.21. The zero-order valence-corrected chi connectivity index (χ0v) is 16.6. The van der Waals surface area contributed by atoms with Gasteiger partial charge in [-0.1, -0.05) is 31.5 Å². The van der Waals surface area contributed by atoms with E-state index < -0.39 is 12.0 Å². The number of carbonyl (C=O) groups excluding carboxylic acids is 2. The summed E-state index contributed by atoms with van der Waals surface area (Å²) in [6.45, 7) is 5.65. The molecule has 0 unspecified atom stereocenters. The van der Waals surface area contributed by atoms with Gasteiger partial charge in [-0.05, 0) is 55.7 Å². The Bertz CT molecular complexity index is 820. The van der Waals surface area contributed by atoms with Crippen LogP contribution in [-0.4, -0.2) is 29.6 Å². The van der Waals surface area contributed by atoms with Crippen molar-refractivity contribution in [3.8, 4) is 5.75 Å². The first-order valence-electron chi connectivity index (χ1n) is 9.48. The van der Waals surface area contributed by atoms with Crippen molar-refractivity contribution in [2.75, 3.05) is 17.2 Å². The van der Waals surface area contributed by atoms with Gasteiger partial charge in [-0.15, -0.1) is 0 Å². The lowest BCUT2D eigenvalue weighted by atomic mass is 10.1. The van der Waals surface area contributed by atoms with E-state index in [0.717, 1.165) is 24.0 Å². The van der Waals surface area contributed by atoms with Crippen LogP contribution in [0, 0.1) is 13.8 Å². The van der Waals surface area contributed by atoms with E-state index in [4.69, 9.17) is 4.74 Å². The molecule has 2 aromatic rings. The third-order valence-electron chi connectivity index (χ3n) is 4.32. The molecule has 0 fully saturated rings. The Balaban J connectivity index is 1.89. The van der Waals surface area contributed by atoms with Crippen LogP contribution in [-0.2, 0) is 9.59 Å². The standard InChI is InChI=1S/C22H28N2O4/c1-4-5-10-21(26)24-18-12-11-17(13-16(18)3)23-22(27)19(25)14-28-20-9-7-6-8-15(20)2/h6-9,11-13,19,25H,4-5,10,14H2,1-3H3,(H,23,27)(H,24,26)/t19-/m1/s1. The molecule has 6 nitrogen and oxygen atoms in total. The lowest BCUT2D eigenvalue weighted by Gasteiger charge is -2.15. The van der Waals surface area contributed by atoms with Gasteiger partial charge in [0.2, 0.25) is 5.91 Å². The fraction of sp³-hybridized carbons (Fsp3) is 0.364. The smallest absolute Gasteiger partial charge is 0.256 e. The maximum absolute atomic E-state index is 12.2. The van der Waals surface area contributed by atoms with Gasteiger partial charge in [-0.3, -0.25) is 9.59 Å². The Kier molecular flexibility index (Phi) is 8.02. The monoisotopic (exact) mass is 384 g/mol. The molecule has 150 valence electrons. The van der Waals surface area contributed by atoms with Gasteiger partial charge in [0, 0.05) is 17.8 Å². The Morgan fingerprint density at radius 2 is 1.82 bits per heavy atom. The zero-order chi connectivity index (χ0) is 20.5. The SMILES string of the molecule is CCCCC(=O)Nc1ccc(NC(=O)[C@H](O)COc2ccccc2C)cc1C. The Labute approximate surface area is 165 Å². The zero-order valence-electron chi connectivity index (χ0n) is 16.6. The third kappa shape index (κ3) is 6.39. The molecular weight excluding hydrogens is 356 g/mol. The van der Waals surface area contributed by atoms with E-state index in [9.17, 15) is 14.7 Å². The molecule has 1 atom stereocenters. The van der Waals surface area contributed by atoms with Crippen molar-refractivity contribution in [3.63, 3.8) is 0 Å². The molecular formula is C22H28N2O4. The number of nitrogens with one attached hydrogen (secondary N) is 2. The molecule has 2 aromatic carbocycles. The first kappa shape index (κ1) is 21.4. The number of anilines is 2. The summed E-state index contributed by atoms with van der Waals surface area (Å²) in [5.74, 6) is 0.0617. The highest BCUT2D eigenvalue weighted by molar-refractivity contribution is 5.95. The van der Waals surface area contributed by atoms with Gasteiger partial charge in [0.1, 0.15) is 12.4 Å². The molecule has 0 saturated heterocycles. The van der Waals surface area contributed by atoms with Crippen LogP contribution in [0.25, 0.3) is 0 Å². The van der Waals surface area contributed by atoms with Crippen LogP contribution in [0.4, 0.5) is 11.4 Å². The lowest BCUT2D eigenvalue weighted by molar-refractivity contribution is -0.125. The van der Waals surface area contributed by atoms with E-state index >= 15 is 0 Å². The number of aliphatic hydroxyl groups is 1. The predicted molar refractivity (Wildman–Crippen MR) is 111 cm³/mol. The molecule has 2 rings (SSSR count). The minimum atomic E-state index is -1.30. The number of rotatable bonds is 9. The first-order valence-corrected chi connectivity index (χ1v) is 9.48. The lowest BCUT2D eigenvalue weighted by Crippen LogP contribution is -2.33. The van der Waals surface area contributed by atoms with E-state index in [-0.39, 0.29) is 12.5 Å². The largest absolute Gasteiger partial charge is 0.490 e. The third-order valence-corrected chi connectivity index (χ3v) is 4.32. The summed E-state index contributed by atoms with van der Waals surface area (Å²) in [6, 6.07) is 12.6. The van der Waals surface area contributed by atoms with E-state index in [0.29, 0.717) is 23.5 Å². The number of benzene rings is 2. The van der Waals surface area contributed by atoms with Crippen LogP contribution in [0.2, 0.25) is 0 Å². The summed E-state index contributed by atoms with van der Waals surface area (Å²) in [5.41, 5.74) is 3.02. The molecule has 2 amide bonds. The molecule has 0 spiro atoms. The molecule has 3 N–H and O–H groups in total. The molecule has 0 aromatic heterocycles. The number of hydrogen-bond donors (Lipinski definition) is 3. The van der Waals surface area contributed by atoms with Crippen LogP contribution in [0.15, 0.2) is 42.5 Å². The van der Waals surface area contributed by atoms with Crippen molar-refractivity contribution in [1.82, 2.24) is 0 Å². The maximum atomic E-state index is 12.2. The average Bonchev–Trinajstić information content (AvgIpc) is 2.67. The highest BCUT2D eigenvalue weighted by Gasteiger charge is 2.17. The van der Waals surface area contributed by atoms with E-state index in [1.165, 1.54) is 0 Å². The first-order chi connectivity index (χ1) is 13.4. The normalized spacial score (nSPS) is 11.6. The maximum Gasteiger partial charge on any atom is 0.256 e. The predicted octanol–water partition coefficient (Wildman–Crippen LogP) is 3.81. The van der Waals surface area contributed by atoms with Crippen molar-refractivity contribution in [1.29, 1.82) is 0 Å². The van der Waals surface area contributed by atoms with Crippen LogP contribution >= 0.6 is 0 Å². The van der Waals surface area contributed by atoms with Gasteiger partial charge in [0.25, 0.3) is 5.91 Å². The van der Waals surface area contributed by atoms with Crippen molar-refractivity contribution < 1.29 is 19.4 Å². The highest BCUT2D eigenvalue weighted by atomic mass is 16.5. The van der Waals surface area contributed by atoms with E-state index in [1.807, 2.05) is 39.0 Å². The van der Waals surface area contributed by atoms with Crippen LogP contribution in [0.1, 0.15) is 37.3 Å². The number of hydrogen-bond acceptors (Lipinski definition) is 4. The van der Waals surface area contributed by atoms with E-state index in [2.05, 4.69) is 10.6 Å². The second kappa shape index (κ2) is 10.5. The quantitative estimate of drug-likeness (QED) is 0.613. The van der Waals surface area contributed by atoms with Crippen molar-refractivity contribution in [2.24, 2.45) is 0 Å². The average molecular weight is 384 g/mol. The number of carbonyl (C=O) groups is 2. The number of unbranched alkanes of at least 4 members (excludes halogenated alkanes) is 1. The number of aliphatic hydroxyl groups excluding tert-OH is 1. The summed E-state index contributed by atoms with van der Waals surface area (Å²) in [6.07, 6.45) is 1.00. The topological polar surface area (TPSA) is 87.7 Å². The molecule has 0 saturated carbocycles. The van der Waals surface area contributed by atoms with Gasteiger partial charge in [-0.25, -0.2) is 0 Å². The van der Waals surface area contributed by atoms with Gasteiger partial charge < -0.3 is 20.5 Å². The molecule has 28 heavy (non-hydrogen) atoms. The van der Waals surface area contributed by atoms with Crippen molar-refractivity contribution in [3.05, 3.63) is 53.6 Å². The molecule has 0 radical (unpaired) electrons. The van der Waals surface area contributed by atoms with Crippen LogP contribution in [0.5, 0.6) is 5.75 Å². The Morgan fingerprint density at radius 1 is 1.07 bits per heavy atom. The van der Waals surface area contributed by atoms with Crippen molar-refractivity contribution >= 4 is 23.2 Å². The van der Waals surface area contributed by atoms with Gasteiger partial charge in [0.05, 0.1) is 0 Å². The Hall–Kier alpha value is -2.86. The molecule has 0 aliphatic heterocycles. The summed E-state index contributed by atoms with van der Waals surface area (Å²) < 4.78 is 5.52. The number of amides is 2. The van der Waals surface area contributed by atoms with Crippen LogP contribution in [0.3, 0.4) is 0 Å². The molecule has 0 aliphatic carbocycles.